The molecule has 0 aliphatic carbocycles. The lowest BCUT2D eigenvalue weighted by atomic mass is 9.97. The van der Waals surface area contributed by atoms with Gasteiger partial charge in [0.05, 0.1) is 5.69 Å². The number of nitrogens with one attached hydrogen (secondary N) is 2. The van der Waals surface area contributed by atoms with E-state index in [1.54, 1.807) is 6.20 Å². The van der Waals surface area contributed by atoms with Crippen LogP contribution in [0.15, 0.2) is 24.4 Å². The first-order valence-electron chi connectivity index (χ1n) is 5.36. The molecule has 1 aliphatic heterocycles. The zero-order valence-electron chi connectivity index (χ0n) is 8.76. The van der Waals surface area contributed by atoms with Gasteiger partial charge < -0.3 is 5.32 Å². The number of halogens is 1. The number of aromatic nitrogens is 2. The van der Waals surface area contributed by atoms with Crippen molar-refractivity contribution in [3.05, 3.63) is 39.1 Å². The van der Waals surface area contributed by atoms with Crippen LogP contribution in [0, 0.1) is 3.57 Å². The minimum absolute atomic E-state index is 0.997. The lowest BCUT2D eigenvalue weighted by Gasteiger charge is -2.19. The van der Waals surface area contributed by atoms with Gasteiger partial charge in [0.2, 0.25) is 0 Å². The second kappa shape index (κ2) is 4.18. The zero-order chi connectivity index (χ0) is 11.0. The van der Waals surface area contributed by atoms with Crippen LogP contribution in [-0.4, -0.2) is 16.7 Å². The van der Waals surface area contributed by atoms with Gasteiger partial charge >= 0.3 is 0 Å². The Labute approximate surface area is 108 Å². The summed E-state index contributed by atoms with van der Waals surface area (Å²) in [6, 6.07) is 6.52. The number of nitrogens with zero attached hydrogens (tertiary/aromatic N) is 1. The Balaban J connectivity index is 2.12. The molecule has 16 heavy (non-hydrogen) atoms. The van der Waals surface area contributed by atoms with E-state index in [4.69, 9.17) is 0 Å². The maximum absolute atomic E-state index is 4.00. The van der Waals surface area contributed by atoms with Gasteiger partial charge in [-0.3, -0.25) is 5.10 Å². The Bertz CT molecular complexity index is 505. The Morgan fingerprint density at radius 3 is 3.06 bits per heavy atom. The van der Waals surface area contributed by atoms with Crippen LogP contribution in [0.5, 0.6) is 0 Å². The monoisotopic (exact) mass is 325 g/mol. The van der Waals surface area contributed by atoms with E-state index in [0.717, 1.165) is 25.2 Å². The molecule has 0 radical (unpaired) electrons. The number of hydrogen-bond acceptors (Lipinski definition) is 2. The average molecular weight is 325 g/mol. The third-order valence-corrected chi connectivity index (χ3v) is 3.93. The van der Waals surface area contributed by atoms with Gasteiger partial charge in [-0.15, -0.1) is 0 Å². The largest absolute Gasteiger partial charge is 0.312 e. The lowest BCUT2D eigenvalue weighted by Crippen LogP contribution is -2.24. The summed E-state index contributed by atoms with van der Waals surface area (Å²) in [4.78, 5) is 0. The molecule has 0 saturated carbocycles. The quantitative estimate of drug-likeness (QED) is 0.790. The summed E-state index contributed by atoms with van der Waals surface area (Å²) in [6.45, 7) is 2.08. The molecule has 1 aromatic heterocycles. The molecule has 1 aromatic carbocycles. The smallest absolute Gasteiger partial charge is 0.0650 e. The highest BCUT2D eigenvalue weighted by molar-refractivity contribution is 14.1. The molecule has 2 aromatic rings. The minimum atomic E-state index is 0.997. The highest BCUT2D eigenvalue weighted by Gasteiger charge is 2.13. The van der Waals surface area contributed by atoms with E-state index in [0.29, 0.717) is 0 Å². The van der Waals surface area contributed by atoms with Crippen molar-refractivity contribution < 1.29 is 0 Å². The van der Waals surface area contributed by atoms with E-state index >= 15 is 0 Å². The molecule has 0 unspecified atom stereocenters. The Morgan fingerprint density at radius 1 is 1.31 bits per heavy atom. The van der Waals surface area contributed by atoms with Gasteiger partial charge in [0.1, 0.15) is 0 Å². The van der Waals surface area contributed by atoms with E-state index in [9.17, 15) is 0 Å². The predicted octanol–water partition coefficient (Wildman–Crippen LogP) is 2.33. The Morgan fingerprint density at radius 2 is 2.25 bits per heavy atom. The van der Waals surface area contributed by atoms with Crippen molar-refractivity contribution in [2.24, 2.45) is 0 Å². The summed E-state index contributed by atoms with van der Waals surface area (Å²) in [5.74, 6) is 0. The Hall–Kier alpha value is -0.880. The van der Waals surface area contributed by atoms with Crippen LogP contribution in [0.4, 0.5) is 0 Å². The van der Waals surface area contributed by atoms with Crippen molar-refractivity contribution in [3.63, 3.8) is 0 Å². The van der Waals surface area contributed by atoms with Crippen LogP contribution in [0.1, 0.15) is 11.1 Å². The topological polar surface area (TPSA) is 40.7 Å². The molecule has 0 saturated heterocycles. The van der Waals surface area contributed by atoms with Gasteiger partial charge in [0.15, 0.2) is 0 Å². The molecule has 1 aliphatic rings. The summed E-state index contributed by atoms with van der Waals surface area (Å²) in [7, 11) is 0. The van der Waals surface area contributed by atoms with E-state index < -0.39 is 0 Å². The molecule has 0 spiro atoms. The van der Waals surface area contributed by atoms with E-state index in [2.05, 4.69) is 50.2 Å². The number of hydrogen-bond donors (Lipinski definition) is 2. The van der Waals surface area contributed by atoms with Gasteiger partial charge in [0.25, 0.3) is 0 Å². The van der Waals surface area contributed by atoms with Crippen molar-refractivity contribution >= 4 is 22.6 Å². The van der Waals surface area contributed by atoms with Crippen LogP contribution in [0.2, 0.25) is 0 Å². The SMILES string of the molecule is Ic1cc(-c2ccn[nH]2)cc2c1CNCC2. The van der Waals surface area contributed by atoms with E-state index in [1.807, 2.05) is 6.07 Å². The fourth-order valence-corrected chi connectivity index (χ4v) is 3.00. The average Bonchev–Trinajstić information content (AvgIpc) is 2.82. The summed E-state index contributed by atoms with van der Waals surface area (Å²) in [5, 5.41) is 10.4. The predicted molar refractivity (Wildman–Crippen MR) is 72.2 cm³/mol. The van der Waals surface area contributed by atoms with Crippen LogP contribution in [0.3, 0.4) is 0 Å². The van der Waals surface area contributed by atoms with Gasteiger partial charge in [0, 0.05) is 21.9 Å². The van der Waals surface area contributed by atoms with Crippen LogP contribution >= 0.6 is 22.6 Å². The summed E-state index contributed by atoms with van der Waals surface area (Å²) < 4.78 is 1.34. The first-order valence-corrected chi connectivity index (χ1v) is 6.44. The maximum atomic E-state index is 4.00. The Kier molecular flexibility index (Phi) is 2.69. The first-order chi connectivity index (χ1) is 7.84. The molecule has 4 heteroatoms. The van der Waals surface area contributed by atoms with Crippen molar-refractivity contribution in [1.82, 2.24) is 15.5 Å². The molecule has 3 rings (SSSR count). The molecule has 0 bridgehead atoms. The molecule has 2 heterocycles. The summed E-state index contributed by atoms with van der Waals surface area (Å²) >= 11 is 2.42. The van der Waals surface area contributed by atoms with Crippen LogP contribution in [-0.2, 0) is 13.0 Å². The summed E-state index contributed by atoms with van der Waals surface area (Å²) in [5.41, 5.74) is 5.26. The van der Waals surface area contributed by atoms with Gasteiger partial charge in [-0.05, 0) is 64.9 Å². The molecule has 0 fully saturated rings. The van der Waals surface area contributed by atoms with E-state index in [-0.39, 0.29) is 0 Å². The second-order valence-corrected chi connectivity index (χ2v) is 5.16. The summed E-state index contributed by atoms with van der Waals surface area (Å²) in [6.07, 6.45) is 2.91. The number of benzene rings is 1. The molecule has 0 amide bonds. The van der Waals surface area contributed by atoms with Crippen LogP contribution in [0.25, 0.3) is 11.3 Å². The van der Waals surface area contributed by atoms with Crippen molar-refractivity contribution in [3.8, 4) is 11.3 Å². The normalized spacial score (nSPS) is 14.8. The molecule has 2 N–H and O–H groups in total. The number of aromatic amines is 1. The molecule has 82 valence electrons. The number of fused-ring (bicyclic) bond motifs is 1. The fraction of sp³-hybridized carbons (Fsp3) is 0.250. The molecule has 3 nitrogen and oxygen atoms in total. The van der Waals surface area contributed by atoms with Crippen molar-refractivity contribution in [1.29, 1.82) is 0 Å². The standard InChI is InChI=1S/C12H12IN3/c13-11-6-9(12-2-4-15-16-12)5-8-1-3-14-7-10(8)11/h2,4-6,14H,1,3,7H2,(H,15,16). The van der Waals surface area contributed by atoms with Crippen LogP contribution < -0.4 is 5.32 Å². The number of rotatable bonds is 1. The fourth-order valence-electron chi connectivity index (χ4n) is 2.12. The number of H-pyrrole nitrogens is 1. The highest BCUT2D eigenvalue weighted by Crippen LogP contribution is 2.27. The van der Waals surface area contributed by atoms with Gasteiger partial charge in [-0.25, -0.2) is 0 Å². The van der Waals surface area contributed by atoms with Gasteiger partial charge in [-0.2, -0.15) is 5.10 Å². The first kappa shape index (κ1) is 10.3. The molecular weight excluding hydrogens is 313 g/mol. The maximum Gasteiger partial charge on any atom is 0.0650 e. The molecule has 0 atom stereocenters. The highest BCUT2D eigenvalue weighted by atomic mass is 127. The third-order valence-electron chi connectivity index (χ3n) is 2.97. The second-order valence-electron chi connectivity index (χ2n) is 3.99. The van der Waals surface area contributed by atoms with Crippen molar-refractivity contribution in [2.75, 3.05) is 6.54 Å². The third kappa shape index (κ3) is 1.76. The lowest BCUT2D eigenvalue weighted by molar-refractivity contribution is 0.641. The zero-order valence-corrected chi connectivity index (χ0v) is 10.9. The molecular formula is C12H12IN3. The van der Waals surface area contributed by atoms with Crippen molar-refractivity contribution in [2.45, 2.75) is 13.0 Å². The van der Waals surface area contributed by atoms with E-state index in [1.165, 1.54) is 20.3 Å². The minimum Gasteiger partial charge on any atom is -0.312 e. The van der Waals surface area contributed by atoms with Gasteiger partial charge in [-0.1, -0.05) is 0 Å².